The van der Waals surface area contributed by atoms with E-state index >= 15 is 0 Å². The molecule has 0 spiro atoms. The average Bonchev–Trinajstić information content (AvgIpc) is 2.48. The maximum Gasteiger partial charge on any atom is 0.224 e. The molecule has 2 heteroatoms. The molecule has 0 saturated heterocycles. The van der Waals surface area contributed by atoms with E-state index in [9.17, 15) is 4.79 Å². The molecule has 0 bridgehead atoms. The molecule has 2 rings (SSSR count). The zero-order valence-electron chi connectivity index (χ0n) is 14.9. The standard InChI is InChI=1S/C21H27NO/c1-15-7-6-8-16(2)20(15)22-19(23)14-11-17-9-12-18(13-10-17)21(3,4)5/h6-10,12-13H,11,14H2,1-5H3,(H,22,23). The second kappa shape index (κ2) is 6.99. The molecule has 0 aliphatic carbocycles. The lowest BCUT2D eigenvalue weighted by Gasteiger charge is -2.19. The fourth-order valence-electron chi connectivity index (χ4n) is 2.64. The van der Waals surface area contributed by atoms with E-state index in [2.05, 4.69) is 50.4 Å². The first-order valence-corrected chi connectivity index (χ1v) is 8.23. The SMILES string of the molecule is Cc1cccc(C)c1NC(=O)CCc1ccc(C(C)(C)C)cc1. The third-order valence-corrected chi connectivity index (χ3v) is 4.21. The molecule has 0 unspecified atom stereocenters. The second-order valence-corrected chi connectivity index (χ2v) is 7.26. The largest absolute Gasteiger partial charge is 0.326 e. The van der Waals surface area contributed by atoms with E-state index in [0.717, 1.165) is 23.2 Å². The number of hydrogen-bond donors (Lipinski definition) is 1. The van der Waals surface area contributed by atoms with E-state index < -0.39 is 0 Å². The van der Waals surface area contributed by atoms with Crippen LogP contribution in [-0.2, 0) is 16.6 Å². The summed E-state index contributed by atoms with van der Waals surface area (Å²) in [5.41, 5.74) is 5.84. The molecule has 2 nitrogen and oxygen atoms in total. The Bertz CT molecular complexity index is 658. The van der Waals surface area contributed by atoms with Gasteiger partial charge in [0.05, 0.1) is 0 Å². The predicted octanol–water partition coefficient (Wildman–Crippen LogP) is 5.17. The van der Waals surface area contributed by atoms with Gasteiger partial charge in [0.1, 0.15) is 0 Å². The fourth-order valence-corrected chi connectivity index (χ4v) is 2.64. The second-order valence-electron chi connectivity index (χ2n) is 7.26. The Balaban J connectivity index is 1.94. The predicted molar refractivity (Wildman–Crippen MR) is 98.0 cm³/mol. The number of hydrogen-bond acceptors (Lipinski definition) is 1. The van der Waals surface area contributed by atoms with E-state index in [1.165, 1.54) is 11.1 Å². The van der Waals surface area contributed by atoms with Crippen molar-refractivity contribution in [1.29, 1.82) is 0 Å². The van der Waals surface area contributed by atoms with Crippen molar-refractivity contribution < 1.29 is 4.79 Å². The van der Waals surface area contributed by atoms with Gasteiger partial charge in [-0.1, -0.05) is 63.2 Å². The number of anilines is 1. The molecule has 0 atom stereocenters. The van der Waals surface area contributed by atoms with Crippen molar-refractivity contribution in [3.8, 4) is 0 Å². The van der Waals surface area contributed by atoms with Gasteiger partial charge in [0.15, 0.2) is 0 Å². The molecular formula is C21H27NO. The van der Waals surface area contributed by atoms with E-state index in [4.69, 9.17) is 0 Å². The molecule has 122 valence electrons. The Morgan fingerprint density at radius 2 is 1.52 bits per heavy atom. The van der Waals surface area contributed by atoms with Gasteiger partial charge in [-0.25, -0.2) is 0 Å². The number of aryl methyl sites for hydroxylation is 3. The highest BCUT2D eigenvalue weighted by Crippen LogP contribution is 2.23. The van der Waals surface area contributed by atoms with E-state index in [0.29, 0.717) is 6.42 Å². The Hall–Kier alpha value is -2.09. The van der Waals surface area contributed by atoms with Gasteiger partial charge in [0, 0.05) is 12.1 Å². The minimum absolute atomic E-state index is 0.0716. The first kappa shape index (κ1) is 17.3. The molecule has 1 amide bonds. The van der Waals surface area contributed by atoms with Gasteiger partial charge in [-0.15, -0.1) is 0 Å². The molecule has 0 heterocycles. The van der Waals surface area contributed by atoms with Crippen LogP contribution in [0.2, 0.25) is 0 Å². The third-order valence-electron chi connectivity index (χ3n) is 4.21. The number of para-hydroxylation sites is 1. The Kier molecular flexibility index (Phi) is 5.25. The minimum Gasteiger partial charge on any atom is -0.326 e. The van der Waals surface area contributed by atoms with Crippen molar-refractivity contribution in [3.63, 3.8) is 0 Å². The Morgan fingerprint density at radius 3 is 2.04 bits per heavy atom. The Morgan fingerprint density at radius 1 is 0.957 bits per heavy atom. The molecule has 0 radical (unpaired) electrons. The molecule has 2 aromatic rings. The van der Waals surface area contributed by atoms with Crippen LogP contribution < -0.4 is 5.32 Å². The van der Waals surface area contributed by atoms with Gasteiger partial charge in [0.2, 0.25) is 5.91 Å². The van der Waals surface area contributed by atoms with Gasteiger partial charge in [-0.3, -0.25) is 4.79 Å². The molecule has 0 aliphatic heterocycles. The highest BCUT2D eigenvalue weighted by atomic mass is 16.1. The summed E-state index contributed by atoms with van der Waals surface area (Å²) in [6.45, 7) is 10.7. The van der Waals surface area contributed by atoms with Crippen LogP contribution in [0.15, 0.2) is 42.5 Å². The molecule has 1 N–H and O–H groups in total. The van der Waals surface area contributed by atoms with E-state index in [1.807, 2.05) is 32.0 Å². The number of nitrogens with one attached hydrogen (secondary N) is 1. The molecule has 0 saturated carbocycles. The molecule has 2 aromatic carbocycles. The molecule has 23 heavy (non-hydrogen) atoms. The van der Waals surface area contributed by atoms with Crippen molar-refractivity contribution in [2.24, 2.45) is 0 Å². The molecular weight excluding hydrogens is 282 g/mol. The van der Waals surface area contributed by atoms with Gasteiger partial charge < -0.3 is 5.32 Å². The van der Waals surface area contributed by atoms with Crippen LogP contribution in [0.25, 0.3) is 0 Å². The number of benzene rings is 2. The fraction of sp³-hybridized carbons (Fsp3) is 0.381. The summed E-state index contributed by atoms with van der Waals surface area (Å²) in [4.78, 5) is 12.2. The minimum atomic E-state index is 0.0716. The Labute approximate surface area is 139 Å². The summed E-state index contributed by atoms with van der Waals surface area (Å²) in [6.07, 6.45) is 1.27. The van der Waals surface area contributed by atoms with Crippen molar-refractivity contribution in [3.05, 3.63) is 64.7 Å². The lowest BCUT2D eigenvalue weighted by atomic mass is 9.86. The third kappa shape index (κ3) is 4.69. The van der Waals surface area contributed by atoms with Crippen LogP contribution in [-0.4, -0.2) is 5.91 Å². The smallest absolute Gasteiger partial charge is 0.224 e. The maximum atomic E-state index is 12.2. The van der Waals surface area contributed by atoms with Crippen molar-refractivity contribution in [1.82, 2.24) is 0 Å². The summed E-state index contributed by atoms with van der Waals surface area (Å²) >= 11 is 0. The monoisotopic (exact) mass is 309 g/mol. The number of amides is 1. The van der Waals surface area contributed by atoms with Gasteiger partial charge in [-0.05, 0) is 47.9 Å². The van der Waals surface area contributed by atoms with Crippen LogP contribution in [0, 0.1) is 13.8 Å². The normalized spacial score (nSPS) is 11.3. The zero-order chi connectivity index (χ0) is 17.0. The van der Waals surface area contributed by atoms with E-state index in [1.54, 1.807) is 0 Å². The van der Waals surface area contributed by atoms with Crippen LogP contribution in [0.1, 0.15) is 49.4 Å². The summed E-state index contributed by atoms with van der Waals surface area (Å²) in [6, 6.07) is 14.6. The van der Waals surface area contributed by atoms with Gasteiger partial charge >= 0.3 is 0 Å². The number of carbonyl (C=O) groups is 1. The lowest BCUT2D eigenvalue weighted by Crippen LogP contribution is -2.14. The lowest BCUT2D eigenvalue weighted by molar-refractivity contribution is -0.116. The van der Waals surface area contributed by atoms with E-state index in [-0.39, 0.29) is 11.3 Å². The van der Waals surface area contributed by atoms with Crippen LogP contribution in [0.5, 0.6) is 0 Å². The zero-order valence-corrected chi connectivity index (χ0v) is 14.9. The summed E-state index contributed by atoms with van der Waals surface area (Å²) in [7, 11) is 0. The highest BCUT2D eigenvalue weighted by molar-refractivity contribution is 5.92. The topological polar surface area (TPSA) is 29.1 Å². The summed E-state index contributed by atoms with van der Waals surface area (Å²) < 4.78 is 0. The first-order valence-electron chi connectivity index (χ1n) is 8.23. The van der Waals surface area contributed by atoms with Crippen molar-refractivity contribution in [2.75, 3.05) is 5.32 Å². The molecule has 0 aromatic heterocycles. The van der Waals surface area contributed by atoms with Crippen molar-refractivity contribution >= 4 is 11.6 Å². The van der Waals surface area contributed by atoms with Crippen LogP contribution in [0.3, 0.4) is 0 Å². The van der Waals surface area contributed by atoms with Crippen molar-refractivity contribution in [2.45, 2.75) is 52.9 Å². The van der Waals surface area contributed by atoms with Gasteiger partial charge in [0.25, 0.3) is 0 Å². The summed E-state index contributed by atoms with van der Waals surface area (Å²) in [5, 5.41) is 3.05. The highest BCUT2D eigenvalue weighted by Gasteiger charge is 2.13. The number of rotatable bonds is 4. The molecule has 0 aliphatic rings. The first-order chi connectivity index (χ1) is 10.8. The van der Waals surface area contributed by atoms with Crippen LogP contribution in [0.4, 0.5) is 5.69 Å². The quantitative estimate of drug-likeness (QED) is 0.829. The van der Waals surface area contributed by atoms with Gasteiger partial charge in [-0.2, -0.15) is 0 Å². The summed E-state index contributed by atoms with van der Waals surface area (Å²) in [5.74, 6) is 0.0716. The maximum absolute atomic E-state index is 12.2. The average molecular weight is 309 g/mol. The molecule has 0 fully saturated rings. The van der Waals surface area contributed by atoms with Crippen LogP contribution >= 0.6 is 0 Å². The number of carbonyl (C=O) groups excluding carboxylic acids is 1.